The van der Waals surface area contributed by atoms with Crippen LogP contribution in [0.1, 0.15) is 25.3 Å². The second kappa shape index (κ2) is 9.79. The molecular weight excluding hydrogens is 279 g/mol. The maximum Gasteiger partial charge on any atom is 0.411 e. The number of hydrogen-bond acceptors (Lipinski definition) is 2. The molecule has 0 aromatic heterocycles. The van der Waals surface area contributed by atoms with Gasteiger partial charge in [-0.1, -0.05) is 37.3 Å². The topological polar surface area (TPSA) is 21.3 Å². The van der Waals surface area contributed by atoms with Gasteiger partial charge in [0.2, 0.25) is 0 Å². The molecule has 0 radical (unpaired) electrons. The number of alkyl halides is 3. The normalized spacial score (nSPS) is 13.3. The van der Waals surface area contributed by atoms with Gasteiger partial charge in [0.15, 0.2) is 0 Å². The van der Waals surface area contributed by atoms with E-state index in [9.17, 15) is 13.2 Å². The van der Waals surface area contributed by atoms with Crippen molar-refractivity contribution in [1.29, 1.82) is 0 Å². The van der Waals surface area contributed by atoms with Gasteiger partial charge in [0, 0.05) is 6.61 Å². The Morgan fingerprint density at radius 1 is 1.19 bits per heavy atom. The molecule has 0 fully saturated rings. The zero-order valence-electron chi connectivity index (χ0n) is 12.5. The van der Waals surface area contributed by atoms with Crippen LogP contribution in [0.15, 0.2) is 30.3 Å². The van der Waals surface area contributed by atoms with E-state index in [4.69, 9.17) is 0 Å². The summed E-state index contributed by atoms with van der Waals surface area (Å²) in [6.45, 7) is 2.84. The van der Waals surface area contributed by atoms with Gasteiger partial charge in [-0.3, -0.25) is 0 Å². The third-order valence-electron chi connectivity index (χ3n) is 3.22. The third-order valence-corrected chi connectivity index (χ3v) is 3.22. The molecule has 0 aliphatic rings. The highest BCUT2D eigenvalue weighted by atomic mass is 19.4. The Balaban J connectivity index is 2.29. The second-order valence-electron chi connectivity index (χ2n) is 5.17. The van der Waals surface area contributed by atoms with E-state index in [1.54, 1.807) is 0 Å². The monoisotopic (exact) mass is 303 g/mol. The summed E-state index contributed by atoms with van der Waals surface area (Å²) in [7, 11) is 0. The van der Waals surface area contributed by atoms with Crippen molar-refractivity contribution >= 4 is 0 Å². The van der Waals surface area contributed by atoms with Crippen LogP contribution in [0, 0.1) is 5.92 Å². The van der Waals surface area contributed by atoms with Crippen LogP contribution in [0.2, 0.25) is 0 Å². The first-order valence-electron chi connectivity index (χ1n) is 7.40. The molecule has 21 heavy (non-hydrogen) atoms. The fraction of sp³-hybridized carbons (Fsp3) is 0.625. The molecule has 0 saturated carbocycles. The highest BCUT2D eigenvalue weighted by Crippen LogP contribution is 2.16. The second-order valence-corrected chi connectivity index (χ2v) is 5.17. The zero-order valence-corrected chi connectivity index (χ0v) is 12.5. The van der Waals surface area contributed by atoms with E-state index < -0.39 is 12.8 Å². The van der Waals surface area contributed by atoms with Crippen molar-refractivity contribution in [1.82, 2.24) is 5.32 Å². The van der Waals surface area contributed by atoms with Crippen molar-refractivity contribution in [3.05, 3.63) is 35.9 Å². The van der Waals surface area contributed by atoms with Gasteiger partial charge in [-0.2, -0.15) is 13.2 Å². The van der Waals surface area contributed by atoms with Gasteiger partial charge >= 0.3 is 6.18 Å². The minimum absolute atomic E-state index is 0.164. The maximum atomic E-state index is 12.0. The molecule has 1 aromatic rings. The molecule has 0 amide bonds. The molecule has 1 atom stereocenters. The van der Waals surface area contributed by atoms with Crippen molar-refractivity contribution in [2.75, 3.05) is 26.3 Å². The Hall–Kier alpha value is -1.07. The number of benzene rings is 1. The van der Waals surface area contributed by atoms with Crippen molar-refractivity contribution in [2.45, 2.75) is 32.4 Å². The lowest BCUT2D eigenvalue weighted by atomic mass is 9.95. The summed E-state index contributed by atoms with van der Waals surface area (Å²) in [6, 6.07) is 10.2. The SMILES string of the molecule is CCNCC(CCCOCC(F)(F)F)Cc1ccccc1. The van der Waals surface area contributed by atoms with E-state index in [0.29, 0.717) is 12.3 Å². The van der Waals surface area contributed by atoms with Crippen LogP contribution in [-0.2, 0) is 11.2 Å². The van der Waals surface area contributed by atoms with Gasteiger partial charge < -0.3 is 10.1 Å². The van der Waals surface area contributed by atoms with Gasteiger partial charge in [-0.25, -0.2) is 0 Å². The van der Waals surface area contributed by atoms with Crippen LogP contribution in [0.4, 0.5) is 13.2 Å². The lowest BCUT2D eigenvalue weighted by Gasteiger charge is -2.17. The minimum Gasteiger partial charge on any atom is -0.372 e. The quantitative estimate of drug-likeness (QED) is 0.664. The molecule has 1 N–H and O–H groups in total. The molecule has 120 valence electrons. The highest BCUT2D eigenvalue weighted by molar-refractivity contribution is 5.15. The standard InChI is InChI=1S/C16H24F3NO/c1-2-20-12-15(11-14-7-4-3-5-8-14)9-6-10-21-13-16(17,18)19/h3-5,7-8,15,20H,2,6,9-13H2,1H3. The molecule has 1 aromatic carbocycles. The Morgan fingerprint density at radius 2 is 1.90 bits per heavy atom. The molecule has 0 saturated heterocycles. The molecule has 2 nitrogen and oxygen atoms in total. The fourth-order valence-electron chi connectivity index (χ4n) is 2.23. The smallest absolute Gasteiger partial charge is 0.372 e. The summed E-state index contributed by atoms with van der Waals surface area (Å²) in [5.41, 5.74) is 1.26. The first-order chi connectivity index (χ1) is 10.0. The first-order valence-corrected chi connectivity index (χ1v) is 7.40. The molecule has 5 heteroatoms. The molecule has 0 heterocycles. The van der Waals surface area contributed by atoms with Gasteiger partial charge in [0.1, 0.15) is 6.61 Å². The van der Waals surface area contributed by atoms with Gasteiger partial charge in [-0.05, 0) is 43.8 Å². The van der Waals surface area contributed by atoms with E-state index in [1.807, 2.05) is 25.1 Å². The number of rotatable bonds is 10. The molecule has 0 spiro atoms. The van der Waals surface area contributed by atoms with Crippen LogP contribution >= 0.6 is 0 Å². The maximum absolute atomic E-state index is 12.0. The Bertz CT molecular complexity index is 368. The summed E-state index contributed by atoms with van der Waals surface area (Å²) < 4.78 is 40.5. The summed E-state index contributed by atoms with van der Waals surface area (Å²) in [5.74, 6) is 0.418. The largest absolute Gasteiger partial charge is 0.411 e. The van der Waals surface area contributed by atoms with Crippen LogP contribution in [0.3, 0.4) is 0 Å². The molecule has 1 rings (SSSR count). The van der Waals surface area contributed by atoms with Gasteiger partial charge in [0.25, 0.3) is 0 Å². The number of nitrogens with one attached hydrogen (secondary N) is 1. The van der Waals surface area contributed by atoms with Crippen molar-refractivity contribution in [2.24, 2.45) is 5.92 Å². The lowest BCUT2D eigenvalue weighted by Crippen LogP contribution is -2.24. The van der Waals surface area contributed by atoms with Crippen LogP contribution in [0.5, 0.6) is 0 Å². The minimum atomic E-state index is -4.23. The van der Waals surface area contributed by atoms with Gasteiger partial charge in [-0.15, -0.1) is 0 Å². The van der Waals surface area contributed by atoms with E-state index >= 15 is 0 Å². The summed E-state index contributed by atoms with van der Waals surface area (Å²) >= 11 is 0. The van der Waals surface area contributed by atoms with Crippen molar-refractivity contribution in [3.8, 4) is 0 Å². The van der Waals surface area contributed by atoms with E-state index in [0.717, 1.165) is 25.9 Å². The Morgan fingerprint density at radius 3 is 2.52 bits per heavy atom. The zero-order chi connectivity index (χ0) is 15.6. The Kier molecular flexibility index (Phi) is 8.38. The molecule has 1 unspecified atom stereocenters. The lowest BCUT2D eigenvalue weighted by molar-refractivity contribution is -0.174. The predicted octanol–water partition coefficient (Wildman–Crippen LogP) is 3.81. The van der Waals surface area contributed by atoms with Gasteiger partial charge in [0.05, 0.1) is 0 Å². The number of hydrogen-bond donors (Lipinski definition) is 1. The average molecular weight is 303 g/mol. The average Bonchev–Trinajstić information content (AvgIpc) is 2.44. The third kappa shape index (κ3) is 9.47. The summed E-state index contributed by atoms with van der Waals surface area (Å²) in [6.07, 6.45) is -1.78. The molecule has 0 aliphatic heterocycles. The fourth-order valence-corrected chi connectivity index (χ4v) is 2.23. The molecular formula is C16H24F3NO. The predicted molar refractivity (Wildman–Crippen MR) is 78.3 cm³/mol. The number of halogens is 3. The summed E-state index contributed by atoms with van der Waals surface area (Å²) in [4.78, 5) is 0. The van der Waals surface area contributed by atoms with E-state index in [1.165, 1.54) is 5.56 Å². The Labute approximate surface area is 124 Å². The first kappa shape index (κ1) is 18.0. The number of ether oxygens (including phenoxy) is 1. The van der Waals surface area contributed by atoms with Crippen molar-refractivity contribution < 1.29 is 17.9 Å². The van der Waals surface area contributed by atoms with E-state index in [-0.39, 0.29) is 6.61 Å². The van der Waals surface area contributed by atoms with Crippen molar-refractivity contribution in [3.63, 3.8) is 0 Å². The van der Waals surface area contributed by atoms with Crippen LogP contribution in [-0.4, -0.2) is 32.5 Å². The molecule has 0 bridgehead atoms. The highest BCUT2D eigenvalue weighted by Gasteiger charge is 2.27. The summed E-state index contributed by atoms with van der Waals surface area (Å²) in [5, 5.41) is 3.31. The van der Waals surface area contributed by atoms with Crippen LogP contribution < -0.4 is 5.32 Å². The van der Waals surface area contributed by atoms with Crippen LogP contribution in [0.25, 0.3) is 0 Å². The van der Waals surface area contributed by atoms with E-state index in [2.05, 4.69) is 22.2 Å². The molecule has 0 aliphatic carbocycles.